The van der Waals surface area contributed by atoms with Crippen molar-refractivity contribution >= 4 is 16.3 Å². The molecule has 2 aromatic heterocycles. The summed E-state index contributed by atoms with van der Waals surface area (Å²) in [5.41, 5.74) is 2.90. The molecule has 2 aliphatic heterocycles. The Morgan fingerprint density at radius 3 is 2.24 bits per heavy atom. The first-order chi connectivity index (χ1) is 21.4. The van der Waals surface area contributed by atoms with Gasteiger partial charge in [-0.15, -0.1) is 10.3 Å². The summed E-state index contributed by atoms with van der Waals surface area (Å²) in [5, 5.41) is 0. The summed E-state index contributed by atoms with van der Waals surface area (Å²) >= 11 is 0. The Morgan fingerprint density at radius 2 is 1.74 bits per heavy atom. The number of halogens is 3. The molecule has 6 rings (SSSR count). The van der Waals surface area contributed by atoms with E-state index in [2.05, 4.69) is 52.1 Å². The van der Waals surface area contributed by atoms with Crippen LogP contribution < -0.4 is 0 Å². The van der Waals surface area contributed by atoms with Gasteiger partial charge < -0.3 is 18.4 Å². The maximum absolute atomic E-state index is 13.5. The fourth-order valence-corrected chi connectivity index (χ4v) is 8.61. The number of ether oxygens (including phenoxy) is 3. The molecule has 3 unspecified atom stereocenters. The second kappa shape index (κ2) is 11.4. The Kier molecular flexibility index (Phi) is 8.38. The maximum Gasteiger partial charge on any atom is 0.433 e. The molecule has 0 amide bonds. The van der Waals surface area contributed by atoms with Gasteiger partial charge in [0, 0.05) is 71.7 Å². The molecule has 3 atom stereocenters. The fraction of sp³-hybridized carbons (Fsp3) is 0.686. The molecule has 2 spiro atoms. The van der Waals surface area contributed by atoms with E-state index in [4.69, 9.17) is 23.4 Å². The van der Waals surface area contributed by atoms with Crippen LogP contribution in [0.25, 0.3) is 0 Å². The number of carbonyl (C=O) groups is 1. The second-order valence-corrected chi connectivity index (χ2v) is 19.0. The third-order valence-electron chi connectivity index (χ3n) is 10.8. The average molecular weight is 665 g/mol. The normalized spacial score (nSPS) is 25.7. The fourth-order valence-electron chi connectivity index (χ4n) is 7.58. The lowest BCUT2D eigenvalue weighted by Crippen LogP contribution is -2.46. The van der Waals surface area contributed by atoms with Gasteiger partial charge in [-0.3, -0.25) is 14.8 Å². The van der Waals surface area contributed by atoms with Crippen molar-refractivity contribution < 1.29 is 36.4 Å². The predicted octanol–water partition coefficient (Wildman–Crippen LogP) is 8.76. The minimum absolute atomic E-state index is 0.0456. The lowest BCUT2D eigenvalue weighted by atomic mass is 9.57. The zero-order valence-electron chi connectivity index (χ0n) is 28.2. The van der Waals surface area contributed by atoms with Crippen LogP contribution in [-0.4, -0.2) is 46.4 Å². The highest BCUT2D eigenvalue weighted by molar-refractivity contribution is 8.29. The first kappa shape index (κ1) is 33.7. The first-order valence-corrected chi connectivity index (χ1v) is 18.7. The minimum atomic E-state index is -4.55. The topological polar surface area (TPSA) is 79.8 Å². The highest BCUT2D eigenvalue weighted by Gasteiger charge is 2.59. The van der Waals surface area contributed by atoms with Crippen LogP contribution in [0.15, 0.2) is 18.3 Å². The van der Waals surface area contributed by atoms with E-state index in [9.17, 15) is 18.0 Å². The number of hydrogen-bond donors (Lipinski definition) is 0. The van der Waals surface area contributed by atoms with Crippen molar-refractivity contribution in [3.05, 3.63) is 57.7 Å². The molecule has 2 aromatic rings. The zero-order valence-corrected chi connectivity index (χ0v) is 29.0. The van der Waals surface area contributed by atoms with Gasteiger partial charge in [-0.05, 0) is 49.3 Å². The van der Waals surface area contributed by atoms with E-state index in [0.29, 0.717) is 38.0 Å². The van der Waals surface area contributed by atoms with Gasteiger partial charge in [0.15, 0.2) is 0 Å². The number of fused-ring (bicyclic) bond motifs is 4. The molecule has 46 heavy (non-hydrogen) atoms. The van der Waals surface area contributed by atoms with Crippen molar-refractivity contribution in [1.82, 2.24) is 9.97 Å². The molecule has 0 N–H and O–H groups in total. The molecular formula is C35H47F3N2O5S. The third-order valence-corrected chi connectivity index (χ3v) is 14.5. The van der Waals surface area contributed by atoms with E-state index < -0.39 is 40.0 Å². The largest absolute Gasteiger partial charge is 0.455 e. The highest BCUT2D eigenvalue weighted by Crippen LogP contribution is 2.68. The van der Waals surface area contributed by atoms with E-state index in [1.165, 1.54) is 19.2 Å². The van der Waals surface area contributed by atoms with Crippen LogP contribution in [-0.2, 0) is 35.0 Å². The molecule has 1 saturated carbocycles. The molecule has 0 aromatic carbocycles. The van der Waals surface area contributed by atoms with Gasteiger partial charge >= 0.3 is 12.1 Å². The van der Waals surface area contributed by atoms with Gasteiger partial charge in [-0.1, -0.05) is 47.1 Å². The van der Waals surface area contributed by atoms with Crippen LogP contribution >= 0.6 is 10.3 Å². The molecule has 2 fully saturated rings. The molecule has 0 radical (unpaired) electrons. The Hall–Kier alpha value is -2.21. The number of rotatable bonds is 5. The molecule has 0 bridgehead atoms. The Bertz CT molecular complexity index is 1490. The number of alkyl halides is 3. The quantitative estimate of drug-likeness (QED) is 0.296. The average Bonchev–Trinajstić information content (AvgIpc) is 3.25. The standard InChI is InChI=1S/C35H47F3N2O5S/c1-20(2)28-26-27(34(14-16-42-17-15-34)44-30(26)22-10-11-24(39-19-22)35(36,37)38)25-23(45-46(7,8)32(4,5)6)18-33(12-9-13-33)31(29(25)40-28)43-21(3)41/h10-11,19-20,23,30-31H,9,12-18H2,1-8H3. The zero-order chi connectivity index (χ0) is 33.4. The Morgan fingerprint density at radius 1 is 1.07 bits per heavy atom. The SMILES string of the molecule is CC(=O)OC1c2nc(C(C)C)c3c(c2C(OS(C)(C)C(C)(C)C)CC12CCC2)C1(CCOCC1)OC3c1ccc(C(F)(F)F)nc1. The maximum atomic E-state index is 13.5. The monoisotopic (exact) mass is 664 g/mol. The predicted molar refractivity (Wildman–Crippen MR) is 171 cm³/mol. The molecule has 2 aliphatic carbocycles. The van der Waals surface area contributed by atoms with Gasteiger partial charge in [-0.2, -0.15) is 13.2 Å². The van der Waals surface area contributed by atoms with E-state index in [1.54, 1.807) is 0 Å². The second-order valence-electron chi connectivity index (χ2n) is 15.2. The van der Waals surface area contributed by atoms with Crippen molar-refractivity contribution in [3.63, 3.8) is 0 Å². The lowest BCUT2D eigenvalue weighted by molar-refractivity contribution is -0.166. The summed E-state index contributed by atoms with van der Waals surface area (Å²) in [5.74, 6) is -0.392. The molecular weight excluding hydrogens is 617 g/mol. The summed E-state index contributed by atoms with van der Waals surface area (Å²) in [4.78, 5) is 21.9. The van der Waals surface area contributed by atoms with Gasteiger partial charge in [0.05, 0.1) is 17.4 Å². The van der Waals surface area contributed by atoms with Crippen molar-refractivity contribution in [1.29, 1.82) is 0 Å². The molecule has 4 heterocycles. The van der Waals surface area contributed by atoms with Crippen LogP contribution in [0.2, 0.25) is 0 Å². The van der Waals surface area contributed by atoms with E-state index in [1.807, 2.05) is 0 Å². The van der Waals surface area contributed by atoms with Gasteiger partial charge in [0.1, 0.15) is 17.9 Å². The molecule has 7 nitrogen and oxygen atoms in total. The lowest BCUT2D eigenvalue weighted by Gasteiger charge is -2.55. The van der Waals surface area contributed by atoms with Crippen molar-refractivity contribution in [2.75, 3.05) is 25.7 Å². The van der Waals surface area contributed by atoms with Crippen LogP contribution in [0.1, 0.15) is 144 Å². The number of hydrogen-bond acceptors (Lipinski definition) is 7. The number of nitrogens with zero attached hydrogens (tertiary/aromatic N) is 2. The van der Waals surface area contributed by atoms with Crippen LogP contribution in [0, 0.1) is 5.41 Å². The van der Waals surface area contributed by atoms with Crippen molar-refractivity contribution in [2.24, 2.45) is 5.41 Å². The van der Waals surface area contributed by atoms with E-state index in [0.717, 1.165) is 53.4 Å². The smallest absolute Gasteiger partial charge is 0.433 e. The van der Waals surface area contributed by atoms with E-state index >= 15 is 0 Å². The summed E-state index contributed by atoms with van der Waals surface area (Å²) in [6.45, 7) is 13.1. The van der Waals surface area contributed by atoms with Crippen molar-refractivity contribution in [2.45, 2.75) is 121 Å². The molecule has 11 heteroatoms. The first-order valence-electron chi connectivity index (χ1n) is 16.3. The van der Waals surface area contributed by atoms with Crippen molar-refractivity contribution in [3.8, 4) is 0 Å². The highest BCUT2D eigenvalue weighted by atomic mass is 32.3. The van der Waals surface area contributed by atoms with Crippen LogP contribution in [0.4, 0.5) is 13.2 Å². The van der Waals surface area contributed by atoms with Crippen LogP contribution in [0.5, 0.6) is 0 Å². The summed E-state index contributed by atoms with van der Waals surface area (Å²) in [7, 11) is -1.60. The summed E-state index contributed by atoms with van der Waals surface area (Å²) < 4.78 is 66.8. The Labute approximate surface area is 271 Å². The summed E-state index contributed by atoms with van der Waals surface area (Å²) in [6, 6.07) is 2.49. The minimum Gasteiger partial charge on any atom is -0.455 e. The molecule has 254 valence electrons. The van der Waals surface area contributed by atoms with E-state index in [-0.39, 0.29) is 28.2 Å². The van der Waals surface area contributed by atoms with Gasteiger partial charge in [0.25, 0.3) is 0 Å². The number of aromatic nitrogens is 2. The summed E-state index contributed by atoms with van der Waals surface area (Å²) in [6.07, 6.45) is 4.35. The third kappa shape index (κ3) is 5.56. The number of carbonyl (C=O) groups excluding carboxylic acids is 1. The Balaban J connectivity index is 1.64. The van der Waals surface area contributed by atoms with Gasteiger partial charge in [0.2, 0.25) is 0 Å². The molecule has 4 aliphatic rings. The molecule has 1 saturated heterocycles. The number of pyridine rings is 2. The van der Waals surface area contributed by atoms with Gasteiger partial charge in [-0.25, -0.2) is 0 Å². The number of esters is 1. The van der Waals surface area contributed by atoms with Crippen LogP contribution in [0.3, 0.4) is 0 Å².